The van der Waals surface area contributed by atoms with E-state index in [4.69, 9.17) is 4.74 Å². The minimum absolute atomic E-state index is 0.138. The maximum absolute atomic E-state index is 12.9. The molecule has 0 unspecified atom stereocenters. The number of amides is 2. The molecular weight excluding hydrogens is 328 g/mol. The van der Waals surface area contributed by atoms with Crippen LogP contribution in [-0.2, 0) is 16.0 Å². The molecule has 0 aromatic heterocycles. The summed E-state index contributed by atoms with van der Waals surface area (Å²) >= 11 is 0. The molecule has 0 radical (unpaired) electrons. The topological polar surface area (TPSA) is 58.6 Å². The zero-order valence-corrected chi connectivity index (χ0v) is 15.2. The van der Waals surface area contributed by atoms with Crippen LogP contribution in [0.4, 0.5) is 11.4 Å². The first-order chi connectivity index (χ1) is 12.7. The van der Waals surface area contributed by atoms with Gasteiger partial charge in [-0.1, -0.05) is 44.2 Å². The summed E-state index contributed by atoms with van der Waals surface area (Å²) in [5, 5.41) is 3.25. The molecule has 26 heavy (non-hydrogen) atoms. The van der Waals surface area contributed by atoms with Crippen molar-refractivity contribution in [2.75, 3.05) is 16.8 Å². The monoisotopic (exact) mass is 352 g/mol. The van der Waals surface area contributed by atoms with E-state index in [0.29, 0.717) is 18.0 Å². The van der Waals surface area contributed by atoms with Crippen LogP contribution < -0.4 is 15.0 Å². The highest BCUT2D eigenvalue weighted by Gasteiger charge is 2.40. The summed E-state index contributed by atoms with van der Waals surface area (Å²) in [7, 11) is 0. The molecule has 0 saturated carbocycles. The van der Waals surface area contributed by atoms with Gasteiger partial charge in [0.1, 0.15) is 11.8 Å². The fourth-order valence-corrected chi connectivity index (χ4v) is 3.13. The van der Waals surface area contributed by atoms with Crippen LogP contribution in [-0.4, -0.2) is 24.5 Å². The molecule has 0 aliphatic carbocycles. The summed E-state index contributed by atoms with van der Waals surface area (Å²) in [6, 6.07) is 14.5. The molecule has 0 bridgehead atoms. The smallest absolute Gasteiger partial charge is 0.256 e. The number of para-hydroxylation sites is 3. The Bertz CT molecular complexity index is 803. The van der Waals surface area contributed by atoms with Crippen molar-refractivity contribution in [1.29, 1.82) is 0 Å². The first kappa shape index (κ1) is 18.0. The second kappa shape index (κ2) is 8.04. The molecule has 1 fully saturated rings. The van der Waals surface area contributed by atoms with Crippen molar-refractivity contribution in [2.24, 2.45) is 0 Å². The van der Waals surface area contributed by atoms with Gasteiger partial charge >= 0.3 is 0 Å². The Kier molecular flexibility index (Phi) is 5.56. The highest BCUT2D eigenvalue weighted by atomic mass is 16.5. The van der Waals surface area contributed by atoms with E-state index in [1.165, 1.54) is 4.90 Å². The van der Waals surface area contributed by atoms with Gasteiger partial charge in [-0.05, 0) is 36.6 Å². The third kappa shape index (κ3) is 3.57. The average molecular weight is 352 g/mol. The third-order valence-corrected chi connectivity index (χ3v) is 4.44. The first-order valence-corrected chi connectivity index (χ1v) is 9.08. The standard InChI is InChI=1S/C21H24N2O3/c1-3-13-26-19-12-8-7-11-18(19)23-20(24)14-17(21(23)25)22-16-10-6-5-9-15(16)4-2/h5-12,17,22H,3-4,13-14H2,1-2H3/t17-/m1/s1. The molecule has 3 rings (SSSR count). The van der Waals surface area contributed by atoms with Crippen LogP contribution in [0.15, 0.2) is 48.5 Å². The Morgan fingerprint density at radius 3 is 2.58 bits per heavy atom. The van der Waals surface area contributed by atoms with E-state index in [2.05, 4.69) is 12.2 Å². The molecule has 1 aliphatic heterocycles. The number of rotatable bonds is 7. The van der Waals surface area contributed by atoms with Crippen molar-refractivity contribution >= 4 is 23.2 Å². The van der Waals surface area contributed by atoms with Crippen molar-refractivity contribution in [3.63, 3.8) is 0 Å². The van der Waals surface area contributed by atoms with E-state index in [0.717, 1.165) is 24.1 Å². The van der Waals surface area contributed by atoms with Crippen LogP contribution in [0.25, 0.3) is 0 Å². The molecule has 1 aliphatic rings. The van der Waals surface area contributed by atoms with E-state index in [9.17, 15) is 9.59 Å². The zero-order chi connectivity index (χ0) is 18.5. The van der Waals surface area contributed by atoms with Crippen LogP contribution in [0, 0.1) is 0 Å². The highest BCUT2D eigenvalue weighted by Crippen LogP contribution is 2.33. The van der Waals surface area contributed by atoms with Crippen LogP contribution in [0.1, 0.15) is 32.3 Å². The molecule has 136 valence electrons. The van der Waals surface area contributed by atoms with Crippen molar-refractivity contribution in [1.82, 2.24) is 0 Å². The molecule has 5 nitrogen and oxygen atoms in total. The molecule has 1 atom stereocenters. The van der Waals surface area contributed by atoms with Gasteiger partial charge in [-0.2, -0.15) is 0 Å². The van der Waals surface area contributed by atoms with Gasteiger partial charge in [-0.25, -0.2) is 4.90 Å². The third-order valence-electron chi connectivity index (χ3n) is 4.44. The van der Waals surface area contributed by atoms with Crippen LogP contribution in [0.3, 0.4) is 0 Å². The number of imide groups is 1. The van der Waals surface area contributed by atoms with Crippen molar-refractivity contribution in [3.05, 3.63) is 54.1 Å². The molecule has 0 spiro atoms. The van der Waals surface area contributed by atoms with E-state index < -0.39 is 6.04 Å². The summed E-state index contributed by atoms with van der Waals surface area (Å²) in [5.74, 6) is 0.105. The normalized spacial score (nSPS) is 16.8. The Balaban J connectivity index is 1.84. The van der Waals surface area contributed by atoms with Crippen LogP contribution in [0.5, 0.6) is 5.75 Å². The quantitative estimate of drug-likeness (QED) is 0.771. The fraction of sp³-hybridized carbons (Fsp3) is 0.333. The van der Waals surface area contributed by atoms with Crippen LogP contribution in [0.2, 0.25) is 0 Å². The lowest BCUT2D eigenvalue weighted by molar-refractivity contribution is -0.121. The maximum atomic E-state index is 12.9. The summed E-state index contributed by atoms with van der Waals surface area (Å²) in [6.45, 7) is 4.62. The minimum Gasteiger partial charge on any atom is -0.491 e. The zero-order valence-electron chi connectivity index (χ0n) is 15.2. The number of ether oxygens (including phenoxy) is 1. The average Bonchev–Trinajstić information content (AvgIpc) is 2.94. The number of anilines is 2. The predicted octanol–water partition coefficient (Wildman–Crippen LogP) is 3.78. The van der Waals surface area contributed by atoms with Gasteiger partial charge in [0.25, 0.3) is 5.91 Å². The van der Waals surface area contributed by atoms with Crippen LogP contribution >= 0.6 is 0 Å². The van der Waals surface area contributed by atoms with Crippen molar-refractivity contribution < 1.29 is 14.3 Å². The van der Waals surface area contributed by atoms with Crippen molar-refractivity contribution in [3.8, 4) is 5.75 Å². The number of nitrogens with zero attached hydrogens (tertiary/aromatic N) is 1. The maximum Gasteiger partial charge on any atom is 0.256 e. The van der Waals surface area contributed by atoms with E-state index >= 15 is 0 Å². The fourth-order valence-electron chi connectivity index (χ4n) is 3.13. The molecule has 2 aromatic rings. The number of aryl methyl sites for hydroxylation is 1. The Hall–Kier alpha value is -2.82. The van der Waals surface area contributed by atoms with Gasteiger partial charge in [-0.3, -0.25) is 9.59 Å². The molecule has 2 amide bonds. The predicted molar refractivity (Wildman–Crippen MR) is 103 cm³/mol. The number of hydrogen-bond donors (Lipinski definition) is 1. The second-order valence-electron chi connectivity index (χ2n) is 6.30. The largest absolute Gasteiger partial charge is 0.491 e. The van der Waals surface area contributed by atoms with Gasteiger partial charge in [0.05, 0.1) is 18.7 Å². The highest BCUT2D eigenvalue weighted by molar-refractivity contribution is 6.23. The van der Waals surface area contributed by atoms with E-state index in [1.54, 1.807) is 12.1 Å². The lowest BCUT2D eigenvalue weighted by atomic mass is 10.1. The molecular formula is C21H24N2O3. The van der Waals surface area contributed by atoms with Gasteiger partial charge < -0.3 is 10.1 Å². The number of carbonyl (C=O) groups is 2. The minimum atomic E-state index is -0.561. The number of hydrogen-bond acceptors (Lipinski definition) is 4. The number of benzene rings is 2. The Morgan fingerprint density at radius 2 is 1.81 bits per heavy atom. The van der Waals surface area contributed by atoms with Gasteiger partial charge in [0.15, 0.2) is 0 Å². The Labute approximate surface area is 154 Å². The summed E-state index contributed by atoms with van der Waals surface area (Å²) in [4.78, 5) is 26.8. The lowest BCUT2D eigenvalue weighted by Crippen LogP contribution is -2.35. The first-order valence-electron chi connectivity index (χ1n) is 9.08. The SMILES string of the molecule is CCCOc1ccccc1N1C(=O)C[C@@H](Nc2ccccc2CC)C1=O. The molecule has 1 heterocycles. The number of carbonyl (C=O) groups excluding carboxylic acids is 2. The van der Waals surface area contributed by atoms with E-state index in [-0.39, 0.29) is 18.2 Å². The van der Waals surface area contributed by atoms with E-state index in [1.807, 2.05) is 43.3 Å². The second-order valence-corrected chi connectivity index (χ2v) is 6.30. The van der Waals surface area contributed by atoms with Crippen molar-refractivity contribution in [2.45, 2.75) is 39.2 Å². The lowest BCUT2D eigenvalue weighted by Gasteiger charge is -2.20. The molecule has 2 aromatic carbocycles. The van der Waals surface area contributed by atoms with Gasteiger partial charge in [0, 0.05) is 5.69 Å². The Morgan fingerprint density at radius 1 is 1.08 bits per heavy atom. The summed E-state index contributed by atoms with van der Waals surface area (Å²) < 4.78 is 5.72. The summed E-state index contributed by atoms with van der Waals surface area (Å²) in [5.41, 5.74) is 2.54. The molecule has 1 N–H and O–H groups in total. The van der Waals surface area contributed by atoms with Gasteiger partial charge in [-0.15, -0.1) is 0 Å². The molecule has 1 saturated heterocycles. The summed E-state index contributed by atoms with van der Waals surface area (Å²) in [6.07, 6.45) is 1.85. The number of nitrogens with one attached hydrogen (secondary N) is 1. The van der Waals surface area contributed by atoms with Gasteiger partial charge in [0.2, 0.25) is 5.91 Å². The molecule has 5 heteroatoms.